The van der Waals surface area contributed by atoms with Crippen LogP contribution < -0.4 is 10.6 Å². The summed E-state index contributed by atoms with van der Waals surface area (Å²) < 4.78 is 0. The van der Waals surface area contributed by atoms with Crippen LogP contribution in [0.5, 0.6) is 0 Å². The van der Waals surface area contributed by atoms with Crippen LogP contribution >= 0.6 is 0 Å². The first-order valence-electron chi connectivity index (χ1n) is 11.2. The van der Waals surface area contributed by atoms with Gasteiger partial charge in [-0.3, -0.25) is 0 Å². The average molecular weight is 346 g/mol. The first-order valence-corrected chi connectivity index (χ1v) is 11.2. The monoisotopic (exact) mass is 345 g/mol. The lowest BCUT2D eigenvalue weighted by Crippen LogP contribution is -2.56. The first kappa shape index (κ1) is 19.2. The molecule has 2 N–H and O–H groups in total. The normalized spacial score (nSPS) is 39.7. The molecule has 3 heteroatoms. The molecule has 25 heavy (non-hydrogen) atoms. The second kappa shape index (κ2) is 9.93. The van der Waals surface area contributed by atoms with Gasteiger partial charge >= 0.3 is 0 Å². The minimum Gasteiger partial charge on any atom is -0.301 e. The maximum Gasteiger partial charge on any atom is 0.0655 e. The Morgan fingerprint density at radius 1 is 0.800 bits per heavy atom. The van der Waals surface area contributed by atoms with E-state index in [0.29, 0.717) is 12.1 Å². The van der Waals surface area contributed by atoms with Gasteiger partial charge in [0.1, 0.15) is 0 Å². The standard InChI is InChI=1S/C22H39N3/c1-2-3-4-5-18-15-24-22(25-16-18)21-12-10-20(11-13-21)19-8-6-17(14-23)7-9-19/h17-22,24-25H,2-13,15-16H2,1H3. The Kier molecular flexibility index (Phi) is 7.62. The summed E-state index contributed by atoms with van der Waals surface area (Å²) in [6.07, 6.45) is 16.7. The molecule has 3 rings (SSSR count). The van der Waals surface area contributed by atoms with E-state index in [1.807, 2.05) is 0 Å². The first-order chi connectivity index (χ1) is 12.3. The lowest BCUT2D eigenvalue weighted by molar-refractivity contribution is 0.119. The van der Waals surface area contributed by atoms with Gasteiger partial charge in [-0.05, 0) is 81.5 Å². The van der Waals surface area contributed by atoms with Gasteiger partial charge in [0.15, 0.2) is 0 Å². The van der Waals surface area contributed by atoms with Crippen LogP contribution in [0.3, 0.4) is 0 Å². The highest BCUT2D eigenvalue weighted by Crippen LogP contribution is 2.41. The Balaban J connectivity index is 1.34. The van der Waals surface area contributed by atoms with Crippen molar-refractivity contribution in [2.75, 3.05) is 13.1 Å². The zero-order valence-corrected chi connectivity index (χ0v) is 16.3. The largest absolute Gasteiger partial charge is 0.301 e. The molecule has 1 heterocycles. The van der Waals surface area contributed by atoms with Crippen molar-refractivity contribution in [3.05, 3.63) is 0 Å². The van der Waals surface area contributed by atoms with Gasteiger partial charge in [0.2, 0.25) is 0 Å². The minimum atomic E-state index is 0.355. The Hall–Kier alpha value is -0.590. The van der Waals surface area contributed by atoms with Crippen LogP contribution in [0.4, 0.5) is 0 Å². The van der Waals surface area contributed by atoms with E-state index < -0.39 is 0 Å². The summed E-state index contributed by atoms with van der Waals surface area (Å²) >= 11 is 0. The van der Waals surface area contributed by atoms with Crippen LogP contribution in [-0.4, -0.2) is 19.3 Å². The highest BCUT2D eigenvalue weighted by Gasteiger charge is 2.34. The summed E-state index contributed by atoms with van der Waals surface area (Å²) in [5.41, 5.74) is 0. The van der Waals surface area contributed by atoms with Crippen LogP contribution in [0.15, 0.2) is 0 Å². The maximum absolute atomic E-state index is 9.08. The second-order valence-corrected chi connectivity index (χ2v) is 9.07. The molecule has 3 nitrogen and oxygen atoms in total. The number of hydrogen-bond donors (Lipinski definition) is 2. The molecular formula is C22H39N3. The lowest BCUT2D eigenvalue weighted by Gasteiger charge is -2.41. The van der Waals surface area contributed by atoms with Crippen molar-refractivity contribution in [1.82, 2.24) is 10.6 Å². The smallest absolute Gasteiger partial charge is 0.0655 e. The molecule has 0 aromatic heterocycles. The molecule has 1 aliphatic heterocycles. The molecule has 0 atom stereocenters. The van der Waals surface area contributed by atoms with E-state index in [0.717, 1.165) is 36.5 Å². The number of hydrogen-bond acceptors (Lipinski definition) is 3. The highest BCUT2D eigenvalue weighted by molar-refractivity contribution is 4.91. The van der Waals surface area contributed by atoms with Gasteiger partial charge in [0.25, 0.3) is 0 Å². The molecule has 142 valence electrons. The average Bonchev–Trinajstić information content (AvgIpc) is 2.69. The van der Waals surface area contributed by atoms with Crippen LogP contribution in [0.1, 0.15) is 84.0 Å². The second-order valence-electron chi connectivity index (χ2n) is 9.07. The van der Waals surface area contributed by atoms with Crippen molar-refractivity contribution < 1.29 is 0 Å². The van der Waals surface area contributed by atoms with E-state index in [2.05, 4.69) is 23.6 Å². The Morgan fingerprint density at radius 2 is 1.36 bits per heavy atom. The van der Waals surface area contributed by atoms with Crippen LogP contribution in [0.2, 0.25) is 0 Å². The highest BCUT2D eigenvalue weighted by atomic mass is 15.2. The number of unbranched alkanes of at least 4 members (excludes halogenated alkanes) is 2. The lowest BCUT2D eigenvalue weighted by atomic mass is 9.69. The molecule has 0 aromatic carbocycles. The quantitative estimate of drug-likeness (QED) is 0.677. The van der Waals surface area contributed by atoms with E-state index in [4.69, 9.17) is 5.26 Å². The summed E-state index contributed by atoms with van der Waals surface area (Å²) in [5.74, 6) is 3.90. The third kappa shape index (κ3) is 5.44. The fraction of sp³-hybridized carbons (Fsp3) is 0.955. The van der Waals surface area contributed by atoms with Gasteiger partial charge in [-0.25, -0.2) is 0 Å². The molecular weight excluding hydrogens is 306 g/mol. The summed E-state index contributed by atoms with van der Waals surface area (Å²) in [6.45, 7) is 4.73. The van der Waals surface area contributed by atoms with Crippen molar-refractivity contribution in [2.24, 2.45) is 29.6 Å². The third-order valence-electron chi connectivity index (χ3n) is 7.38. The maximum atomic E-state index is 9.08. The van der Waals surface area contributed by atoms with Gasteiger partial charge < -0.3 is 10.6 Å². The topological polar surface area (TPSA) is 47.9 Å². The number of nitrogens with zero attached hydrogens (tertiary/aromatic N) is 1. The Bertz CT molecular complexity index is 405. The van der Waals surface area contributed by atoms with Crippen molar-refractivity contribution in [1.29, 1.82) is 5.26 Å². The minimum absolute atomic E-state index is 0.355. The summed E-state index contributed by atoms with van der Waals surface area (Å²) in [4.78, 5) is 0. The molecule has 0 amide bonds. The van der Waals surface area contributed by atoms with Crippen molar-refractivity contribution in [3.63, 3.8) is 0 Å². The van der Waals surface area contributed by atoms with Crippen molar-refractivity contribution in [2.45, 2.75) is 90.1 Å². The van der Waals surface area contributed by atoms with E-state index in [1.165, 1.54) is 77.3 Å². The van der Waals surface area contributed by atoms with E-state index in [9.17, 15) is 0 Å². The van der Waals surface area contributed by atoms with Crippen molar-refractivity contribution in [3.8, 4) is 6.07 Å². The SMILES string of the molecule is CCCCCC1CNC(C2CCC(C3CCC(C#N)CC3)CC2)NC1. The zero-order chi connectivity index (χ0) is 17.5. The molecule has 3 fully saturated rings. The Morgan fingerprint density at radius 3 is 1.92 bits per heavy atom. The number of nitrogens with one attached hydrogen (secondary N) is 2. The predicted octanol–water partition coefficient (Wildman–Crippen LogP) is 4.84. The van der Waals surface area contributed by atoms with Crippen LogP contribution in [-0.2, 0) is 0 Å². The van der Waals surface area contributed by atoms with E-state index in [-0.39, 0.29) is 0 Å². The van der Waals surface area contributed by atoms with Gasteiger partial charge in [-0.15, -0.1) is 0 Å². The van der Waals surface area contributed by atoms with Gasteiger partial charge in [-0.1, -0.05) is 26.2 Å². The number of rotatable bonds is 6. The third-order valence-corrected chi connectivity index (χ3v) is 7.38. The van der Waals surface area contributed by atoms with Gasteiger partial charge in [-0.2, -0.15) is 5.26 Å². The fourth-order valence-electron chi connectivity index (χ4n) is 5.62. The fourth-order valence-corrected chi connectivity index (χ4v) is 5.62. The molecule has 3 aliphatic rings. The van der Waals surface area contributed by atoms with E-state index >= 15 is 0 Å². The number of nitriles is 1. The molecule has 1 saturated heterocycles. The molecule has 0 radical (unpaired) electrons. The van der Waals surface area contributed by atoms with Crippen LogP contribution in [0.25, 0.3) is 0 Å². The molecule has 2 saturated carbocycles. The predicted molar refractivity (Wildman–Crippen MR) is 104 cm³/mol. The molecule has 0 spiro atoms. The molecule has 0 bridgehead atoms. The Labute approximate surface area is 155 Å². The van der Waals surface area contributed by atoms with Gasteiger partial charge in [0, 0.05) is 19.0 Å². The van der Waals surface area contributed by atoms with E-state index in [1.54, 1.807) is 0 Å². The molecule has 0 aromatic rings. The zero-order valence-electron chi connectivity index (χ0n) is 16.3. The van der Waals surface area contributed by atoms with Crippen LogP contribution in [0, 0.1) is 40.9 Å². The van der Waals surface area contributed by atoms with Crippen molar-refractivity contribution >= 4 is 0 Å². The molecule has 2 aliphatic carbocycles. The van der Waals surface area contributed by atoms with Gasteiger partial charge in [0.05, 0.1) is 12.2 Å². The summed E-state index contributed by atoms with van der Waals surface area (Å²) in [7, 11) is 0. The summed E-state index contributed by atoms with van der Waals surface area (Å²) in [5, 5.41) is 16.7. The molecule has 0 unspecified atom stereocenters. The summed E-state index contributed by atoms with van der Waals surface area (Å²) in [6, 6.07) is 2.48.